The van der Waals surface area contributed by atoms with E-state index in [-0.39, 0.29) is 13.6 Å². The molecule has 0 fully saturated rings. The lowest BCUT2D eigenvalue weighted by molar-refractivity contribution is -0.0960. The zero-order valence-corrected chi connectivity index (χ0v) is 23.5. The summed E-state index contributed by atoms with van der Waals surface area (Å²) in [6.07, 6.45) is 0. The quantitative estimate of drug-likeness (QED) is 0.147. The van der Waals surface area contributed by atoms with Gasteiger partial charge in [-0.2, -0.15) is 0 Å². The third kappa shape index (κ3) is 5.62. The molecule has 0 spiro atoms. The van der Waals surface area contributed by atoms with Gasteiger partial charge in [0.15, 0.2) is 13.6 Å². The second kappa shape index (κ2) is 14.4. The van der Waals surface area contributed by atoms with Gasteiger partial charge in [0.25, 0.3) is 0 Å². The molecule has 0 saturated heterocycles. The predicted molar refractivity (Wildman–Crippen MR) is 156 cm³/mol. The van der Waals surface area contributed by atoms with Gasteiger partial charge in [0.1, 0.15) is 11.5 Å². The molecule has 0 saturated carbocycles. The maximum absolute atomic E-state index is 5.76. The zero-order valence-electron chi connectivity index (χ0n) is 23.5. The van der Waals surface area contributed by atoms with Crippen molar-refractivity contribution in [3.63, 3.8) is 0 Å². The van der Waals surface area contributed by atoms with Crippen molar-refractivity contribution >= 4 is 0 Å². The fraction of sp³-hybridized carbons (Fsp3) is 0.294. The van der Waals surface area contributed by atoms with Crippen LogP contribution in [0.5, 0.6) is 11.5 Å². The van der Waals surface area contributed by atoms with Crippen molar-refractivity contribution in [2.24, 2.45) is 0 Å². The summed E-state index contributed by atoms with van der Waals surface area (Å²) in [7, 11) is 1.70. The Bertz CT molecular complexity index is 1200. The largest absolute Gasteiger partial charge is 0.497 e. The molecule has 4 nitrogen and oxygen atoms in total. The van der Waals surface area contributed by atoms with Gasteiger partial charge in [0.2, 0.25) is 0 Å². The van der Waals surface area contributed by atoms with Crippen molar-refractivity contribution in [3.8, 4) is 22.6 Å². The van der Waals surface area contributed by atoms with Crippen molar-refractivity contribution in [2.45, 2.75) is 40.0 Å². The summed E-state index contributed by atoms with van der Waals surface area (Å²) >= 11 is 0. The molecule has 0 aromatic heterocycles. The van der Waals surface area contributed by atoms with Gasteiger partial charge < -0.3 is 18.9 Å². The summed E-state index contributed by atoms with van der Waals surface area (Å²) in [5, 5.41) is 0. The average Bonchev–Trinajstić information content (AvgIpc) is 3.31. The van der Waals surface area contributed by atoms with E-state index in [1.807, 2.05) is 58.9 Å². The average molecular weight is 513 g/mol. The molecule has 0 unspecified atom stereocenters. The van der Waals surface area contributed by atoms with Crippen LogP contribution in [0.25, 0.3) is 11.1 Å². The topological polar surface area (TPSA) is 36.9 Å². The summed E-state index contributed by atoms with van der Waals surface area (Å²) < 4.78 is 21.8. The summed E-state index contributed by atoms with van der Waals surface area (Å²) in [6.45, 7) is 10.9. The smallest absolute Gasteiger partial charge is 0.191 e. The molecule has 0 atom stereocenters. The molecule has 4 aromatic rings. The highest BCUT2D eigenvalue weighted by Crippen LogP contribution is 2.56. The Balaban J connectivity index is 0.000000956. The molecular formula is C34H40O4. The number of fused-ring (bicyclic) bond motifs is 3. The standard InChI is InChI=1S/C30H28O4.2C2H6/c1-3-32-20-33-21-34-25-18-14-23(15-19-25)30(22-12-16-24(31-2)17-13-22)28-10-6-4-8-26(28)27-9-5-7-11-29(27)30;2*1-2/h4-19H,3,20-21H2,1-2H3;2*1-2H3. The Labute approximate surface area is 228 Å². The Morgan fingerprint density at radius 2 is 1.03 bits per heavy atom. The molecule has 0 aliphatic heterocycles. The molecule has 1 aliphatic rings. The van der Waals surface area contributed by atoms with Crippen LogP contribution in [0.2, 0.25) is 0 Å². The maximum Gasteiger partial charge on any atom is 0.191 e. The Morgan fingerprint density at radius 3 is 1.50 bits per heavy atom. The van der Waals surface area contributed by atoms with E-state index in [1.54, 1.807) is 7.11 Å². The van der Waals surface area contributed by atoms with E-state index in [0.29, 0.717) is 6.61 Å². The van der Waals surface area contributed by atoms with E-state index in [0.717, 1.165) is 11.5 Å². The molecule has 4 heteroatoms. The fourth-order valence-electron chi connectivity index (χ4n) is 4.95. The molecule has 200 valence electrons. The summed E-state index contributed by atoms with van der Waals surface area (Å²) in [5.41, 5.74) is 7.00. The minimum absolute atomic E-state index is 0.147. The molecule has 0 radical (unpaired) electrons. The molecule has 0 heterocycles. The Kier molecular flexibility index (Phi) is 11.0. The van der Waals surface area contributed by atoms with Crippen LogP contribution in [0, 0.1) is 0 Å². The van der Waals surface area contributed by atoms with Gasteiger partial charge in [-0.25, -0.2) is 0 Å². The predicted octanol–water partition coefficient (Wildman–Crippen LogP) is 8.46. The van der Waals surface area contributed by atoms with Gasteiger partial charge in [0.05, 0.1) is 12.5 Å². The highest BCUT2D eigenvalue weighted by molar-refractivity contribution is 5.86. The van der Waals surface area contributed by atoms with Crippen molar-refractivity contribution in [2.75, 3.05) is 27.3 Å². The molecular weight excluding hydrogens is 472 g/mol. The van der Waals surface area contributed by atoms with Crippen molar-refractivity contribution < 1.29 is 18.9 Å². The van der Waals surface area contributed by atoms with Gasteiger partial charge in [-0.15, -0.1) is 0 Å². The lowest BCUT2D eigenvalue weighted by atomic mass is 9.68. The highest BCUT2D eigenvalue weighted by atomic mass is 16.7. The van der Waals surface area contributed by atoms with E-state index >= 15 is 0 Å². The third-order valence-corrected chi connectivity index (χ3v) is 6.44. The van der Waals surface area contributed by atoms with Crippen LogP contribution < -0.4 is 9.47 Å². The molecule has 0 amide bonds. The molecule has 38 heavy (non-hydrogen) atoms. The number of hydrogen-bond donors (Lipinski definition) is 0. The van der Waals surface area contributed by atoms with Crippen LogP contribution in [0.15, 0.2) is 97.1 Å². The normalized spacial score (nSPS) is 12.2. The van der Waals surface area contributed by atoms with Gasteiger partial charge in [0, 0.05) is 6.61 Å². The number of methoxy groups -OCH3 is 1. The minimum Gasteiger partial charge on any atom is -0.497 e. The lowest BCUT2D eigenvalue weighted by Gasteiger charge is -2.34. The summed E-state index contributed by atoms with van der Waals surface area (Å²) in [6, 6.07) is 34.1. The molecule has 0 bridgehead atoms. The monoisotopic (exact) mass is 512 g/mol. The number of ether oxygens (including phenoxy) is 4. The molecule has 5 rings (SSSR count). The van der Waals surface area contributed by atoms with E-state index in [2.05, 4.69) is 72.8 Å². The Morgan fingerprint density at radius 1 is 0.553 bits per heavy atom. The lowest BCUT2D eigenvalue weighted by Crippen LogP contribution is -2.28. The van der Waals surface area contributed by atoms with Crippen LogP contribution in [-0.2, 0) is 14.9 Å². The van der Waals surface area contributed by atoms with Crippen molar-refractivity contribution in [3.05, 3.63) is 119 Å². The molecule has 4 aromatic carbocycles. The number of rotatable bonds is 9. The fourth-order valence-corrected chi connectivity index (χ4v) is 4.95. The van der Waals surface area contributed by atoms with Gasteiger partial charge in [-0.3, -0.25) is 0 Å². The van der Waals surface area contributed by atoms with Crippen molar-refractivity contribution in [1.29, 1.82) is 0 Å². The van der Waals surface area contributed by atoms with Crippen LogP contribution in [-0.4, -0.2) is 27.3 Å². The highest BCUT2D eigenvalue weighted by Gasteiger charge is 2.45. The van der Waals surface area contributed by atoms with Gasteiger partial charge in [-0.05, 0) is 64.6 Å². The Hall–Kier alpha value is -3.60. The first kappa shape index (κ1) is 29.0. The van der Waals surface area contributed by atoms with E-state index in [4.69, 9.17) is 18.9 Å². The third-order valence-electron chi connectivity index (χ3n) is 6.44. The van der Waals surface area contributed by atoms with E-state index < -0.39 is 5.41 Å². The van der Waals surface area contributed by atoms with Gasteiger partial charge >= 0.3 is 0 Å². The number of hydrogen-bond acceptors (Lipinski definition) is 4. The number of benzene rings is 4. The second-order valence-electron chi connectivity index (χ2n) is 8.17. The first-order valence-electron chi connectivity index (χ1n) is 13.5. The zero-order chi connectivity index (χ0) is 27.4. The summed E-state index contributed by atoms with van der Waals surface area (Å²) in [5.74, 6) is 1.60. The van der Waals surface area contributed by atoms with E-state index in [9.17, 15) is 0 Å². The molecule has 0 N–H and O–H groups in total. The first-order valence-corrected chi connectivity index (χ1v) is 13.5. The minimum atomic E-state index is -0.441. The molecule has 1 aliphatic carbocycles. The SMILES string of the molecule is CC.CC.CCOCOCOc1ccc(C2(c3ccc(OC)cc3)c3ccccc3-c3ccccc32)cc1. The van der Waals surface area contributed by atoms with Gasteiger partial charge in [-0.1, -0.05) is 100 Å². The van der Waals surface area contributed by atoms with Crippen molar-refractivity contribution in [1.82, 2.24) is 0 Å². The van der Waals surface area contributed by atoms with Crippen LogP contribution in [0.3, 0.4) is 0 Å². The van der Waals surface area contributed by atoms with Crippen LogP contribution in [0.1, 0.15) is 56.9 Å². The van der Waals surface area contributed by atoms with Crippen LogP contribution >= 0.6 is 0 Å². The second-order valence-corrected chi connectivity index (χ2v) is 8.17. The maximum atomic E-state index is 5.76. The summed E-state index contributed by atoms with van der Waals surface area (Å²) in [4.78, 5) is 0. The van der Waals surface area contributed by atoms with Crippen LogP contribution in [0.4, 0.5) is 0 Å². The first-order chi connectivity index (χ1) is 18.8. The van der Waals surface area contributed by atoms with E-state index in [1.165, 1.54) is 33.4 Å².